The molecule has 2 bridgehead atoms. The molecule has 2 nitrogen and oxygen atoms in total. The monoisotopic (exact) mass is 194 g/mol. The lowest BCUT2D eigenvalue weighted by Crippen LogP contribution is -2.31. The van der Waals surface area contributed by atoms with Gasteiger partial charge in [0.25, 0.3) is 0 Å². The van der Waals surface area contributed by atoms with Crippen molar-refractivity contribution in [2.45, 2.75) is 25.7 Å². The van der Waals surface area contributed by atoms with Gasteiger partial charge in [-0.25, -0.2) is 0 Å². The van der Waals surface area contributed by atoms with Gasteiger partial charge < -0.3 is 11.5 Å². The molecule has 3 aliphatic rings. The molecule has 3 fully saturated rings. The molecular formula is C12H22N2. The van der Waals surface area contributed by atoms with Crippen LogP contribution in [0.1, 0.15) is 25.7 Å². The third-order valence-corrected chi connectivity index (χ3v) is 5.41. The van der Waals surface area contributed by atoms with Crippen molar-refractivity contribution < 1.29 is 0 Å². The zero-order chi connectivity index (χ0) is 9.71. The average Bonchev–Trinajstić information content (AvgIpc) is 2.87. The first-order valence-electron chi connectivity index (χ1n) is 6.25. The molecule has 0 aromatic heterocycles. The van der Waals surface area contributed by atoms with E-state index in [9.17, 15) is 0 Å². The molecule has 0 unspecified atom stereocenters. The predicted molar refractivity (Wildman–Crippen MR) is 57.5 cm³/mol. The normalized spacial score (nSPS) is 55.3. The van der Waals surface area contributed by atoms with Crippen molar-refractivity contribution >= 4 is 0 Å². The minimum absolute atomic E-state index is 0.749. The van der Waals surface area contributed by atoms with Crippen LogP contribution in [0.15, 0.2) is 0 Å². The van der Waals surface area contributed by atoms with Gasteiger partial charge in [-0.3, -0.25) is 0 Å². The Morgan fingerprint density at radius 3 is 2.43 bits per heavy atom. The molecule has 2 heteroatoms. The molecule has 0 amide bonds. The summed E-state index contributed by atoms with van der Waals surface area (Å²) in [7, 11) is 0. The molecule has 0 radical (unpaired) electrons. The topological polar surface area (TPSA) is 52.0 Å². The SMILES string of the molecule is NC[C@H]1C[C@@H]2[C@@H]3CC[C@@H](C3)[C@@H]2[C@H]1CN. The zero-order valence-corrected chi connectivity index (χ0v) is 8.86. The molecule has 3 saturated carbocycles. The molecular weight excluding hydrogens is 172 g/mol. The quantitative estimate of drug-likeness (QED) is 0.694. The molecule has 80 valence electrons. The van der Waals surface area contributed by atoms with Crippen molar-refractivity contribution in [2.24, 2.45) is 47.0 Å². The first-order chi connectivity index (χ1) is 6.85. The highest BCUT2D eigenvalue weighted by molar-refractivity contribution is 5.05. The highest BCUT2D eigenvalue weighted by Crippen LogP contribution is 2.61. The van der Waals surface area contributed by atoms with Gasteiger partial charge >= 0.3 is 0 Å². The standard InChI is InChI=1S/C12H22N2/c13-5-9-4-10-7-1-2-8(3-7)12(10)11(9)6-14/h7-12H,1-6,13-14H2/t7-,8+,9-,10-,11+,12+/m1/s1. The zero-order valence-electron chi connectivity index (χ0n) is 8.86. The van der Waals surface area contributed by atoms with E-state index in [1.165, 1.54) is 25.7 Å². The van der Waals surface area contributed by atoms with Crippen molar-refractivity contribution in [3.63, 3.8) is 0 Å². The highest BCUT2D eigenvalue weighted by Gasteiger charge is 2.55. The van der Waals surface area contributed by atoms with Crippen LogP contribution in [0, 0.1) is 35.5 Å². The smallest absolute Gasteiger partial charge is 0.00429 e. The van der Waals surface area contributed by atoms with Crippen LogP contribution in [0.5, 0.6) is 0 Å². The van der Waals surface area contributed by atoms with Gasteiger partial charge in [-0.15, -0.1) is 0 Å². The third-order valence-electron chi connectivity index (χ3n) is 5.41. The van der Waals surface area contributed by atoms with Crippen LogP contribution in [-0.2, 0) is 0 Å². The Morgan fingerprint density at radius 2 is 1.71 bits per heavy atom. The van der Waals surface area contributed by atoms with Crippen molar-refractivity contribution in [1.29, 1.82) is 0 Å². The summed E-state index contributed by atoms with van der Waals surface area (Å²) in [6.07, 6.45) is 5.90. The van der Waals surface area contributed by atoms with Crippen LogP contribution in [0.25, 0.3) is 0 Å². The van der Waals surface area contributed by atoms with Gasteiger partial charge in [0.05, 0.1) is 0 Å². The Hall–Kier alpha value is -0.0800. The van der Waals surface area contributed by atoms with E-state index < -0.39 is 0 Å². The largest absolute Gasteiger partial charge is 0.330 e. The second kappa shape index (κ2) is 3.21. The fourth-order valence-electron chi connectivity index (χ4n) is 4.93. The van der Waals surface area contributed by atoms with E-state index in [2.05, 4.69) is 0 Å². The van der Waals surface area contributed by atoms with E-state index in [4.69, 9.17) is 11.5 Å². The van der Waals surface area contributed by atoms with E-state index >= 15 is 0 Å². The Balaban J connectivity index is 1.84. The molecule has 3 aliphatic carbocycles. The summed E-state index contributed by atoms with van der Waals surface area (Å²) in [6, 6.07) is 0. The maximum Gasteiger partial charge on any atom is -0.00429 e. The van der Waals surface area contributed by atoms with Gasteiger partial charge in [-0.1, -0.05) is 0 Å². The molecule has 0 aromatic carbocycles. The van der Waals surface area contributed by atoms with Crippen LogP contribution in [0.2, 0.25) is 0 Å². The number of hydrogen-bond donors (Lipinski definition) is 2. The van der Waals surface area contributed by atoms with Crippen LogP contribution in [0.4, 0.5) is 0 Å². The average molecular weight is 194 g/mol. The lowest BCUT2D eigenvalue weighted by atomic mass is 9.77. The molecule has 0 aliphatic heterocycles. The summed E-state index contributed by atoms with van der Waals surface area (Å²) < 4.78 is 0. The van der Waals surface area contributed by atoms with Crippen molar-refractivity contribution in [3.05, 3.63) is 0 Å². The van der Waals surface area contributed by atoms with Gasteiger partial charge in [-0.2, -0.15) is 0 Å². The van der Waals surface area contributed by atoms with E-state index in [0.717, 1.165) is 48.6 Å². The molecule has 0 heterocycles. The molecule has 3 rings (SSSR count). The maximum absolute atomic E-state index is 5.93. The summed E-state index contributed by atoms with van der Waals surface area (Å²) in [4.78, 5) is 0. The number of hydrogen-bond acceptors (Lipinski definition) is 2. The first-order valence-corrected chi connectivity index (χ1v) is 6.25. The van der Waals surface area contributed by atoms with Crippen molar-refractivity contribution in [2.75, 3.05) is 13.1 Å². The van der Waals surface area contributed by atoms with Crippen LogP contribution >= 0.6 is 0 Å². The van der Waals surface area contributed by atoms with Gasteiger partial charge in [0, 0.05) is 0 Å². The number of nitrogens with two attached hydrogens (primary N) is 2. The molecule has 6 atom stereocenters. The summed E-state index contributed by atoms with van der Waals surface area (Å²) >= 11 is 0. The van der Waals surface area contributed by atoms with Gasteiger partial charge in [0.15, 0.2) is 0 Å². The van der Waals surface area contributed by atoms with E-state index in [1.807, 2.05) is 0 Å². The summed E-state index contributed by atoms with van der Waals surface area (Å²) in [5, 5.41) is 0. The predicted octanol–water partition coefficient (Wildman–Crippen LogP) is 1.20. The Labute approximate surface area is 86.4 Å². The lowest BCUT2D eigenvalue weighted by molar-refractivity contribution is 0.206. The van der Waals surface area contributed by atoms with E-state index in [1.54, 1.807) is 0 Å². The van der Waals surface area contributed by atoms with E-state index in [-0.39, 0.29) is 0 Å². The maximum atomic E-state index is 5.93. The van der Waals surface area contributed by atoms with E-state index in [0.29, 0.717) is 0 Å². The Kier molecular flexibility index (Phi) is 2.10. The lowest BCUT2D eigenvalue weighted by Gasteiger charge is -2.29. The summed E-state index contributed by atoms with van der Waals surface area (Å²) in [6.45, 7) is 1.75. The Morgan fingerprint density at radius 1 is 0.929 bits per heavy atom. The number of fused-ring (bicyclic) bond motifs is 5. The number of rotatable bonds is 2. The van der Waals surface area contributed by atoms with Crippen LogP contribution in [0.3, 0.4) is 0 Å². The third kappa shape index (κ3) is 1.04. The minimum atomic E-state index is 0.749. The second-order valence-corrected chi connectivity index (χ2v) is 5.71. The molecule has 4 N–H and O–H groups in total. The van der Waals surface area contributed by atoms with Gasteiger partial charge in [0.2, 0.25) is 0 Å². The minimum Gasteiger partial charge on any atom is -0.330 e. The highest BCUT2D eigenvalue weighted by atomic mass is 14.7. The van der Waals surface area contributed by atoms with Gasteiger partial charge in [-0.05, 0) is 74.3 Å². The summed E-state index contributed by atoms with van der Waals surface area (Å²) in [5.74, 6) is 5.56. The molecule has 0 aromatic rings. The van der Waals surface area contributed by atoms with Crippen molar-refractivity contribution in [3.8, 4) is 0 Å². The van der Waals surface area contributed by atoms with Crippen molar-refractivity contribution in [1.82, 2.24) is 0 Å². The van der Waals surface area contributed by atoms with Gasteiger partial charge in [0.1, 0.15) is 0 Å². The fraction of sp³-hybridized carbons (Fsp3) is 1.00. The van der Waals surface area contributed by atoms with Crippen LogP contribution in [-0.4, -0.2) is 13.1 Å². The first kappa shape index (κ1) is 9.17. The molecule has 0 spiro atoms. The summed E-state index contributed by atoms with van der Waals surface area (Å²) in [5.41, 5.74) is 11.8. The molecule has 14 heavy (non-hydrogen) atoms. The molecule has 0 saturated heterocycles. The fourth-order valence-corrected chi connectivity index (χ4v) is 4.93. The Bertz CT molecular complexity index is 228. The van der Waals surface area contributed by atoms with Crippen LogP contribution < -0.4 is 11.5 Å². The second-order valence-electron chi connectivity index (χ2n) is 5.71.